The van der Waals surface area contributed by atoms with Gasteiger partial charge >= 0.3 is 5.97 Å². The lowest BCUT2D eigenvalue weighted by atomic mass is 9.68. The molecular weight excluding hydrogens is 414 g/mol. The first-order valence-corrected chi connectivity index (χ1v) is 12.6. The number of Topliss-reactive ketones (excluding diaryl/α,β-unsaturated/α-hetero) is 1. The number of hydrogen-bond acceptors (Lipinski definition) is 5. The maximum atomic E-state index is 13.6. The molecule has 1 saturated carbocycles. The van der Waals surface area contributed by atoms with Crippen LogP contribution in [0.4, 0.5) is 0 Å². The van der Waals surface area contributed by atoms with E-state index in [1.54, 1.807) is 18.2 Å². The minimum absolute atomic E-state index is 0.118. The highest BCUT2D eigenvalue weighted by atomic mass is 16.5. The Bertz CT molecular complexity index is 970. The number of carbonyl (C=O) groups excluding carboxylic acids is 2. The number of carbonyl (C=O) groups is 2. The fourth-order valence-corrected chi connectivity index (χ4v) is 6.03. The highest BCUT2D eigenvalue weighted by molar-refractivity contribution is 6.04. The van der Waals surface area contributed by atoms with Gasteiger partial charge in [-0.2, -0.15) is 0 Å². The van der Waals surface area contributed by atoms with E-state index < -0.39 is 5.92 Å². The number of phenolic OH excluding ortho intramolecular Hbond substituents is 1. The van der Waals surface area contributed by atoms with E-state index in [-0.39, 0.29) is 23.6 Å². The molecule has 1 fully saturated rings. The van der Waals surface area contributed by atoms with Crippen molar-refractivity contribution in [2.45, 2.75) is 90.6 Å². The average Bonchev–Trinajstić information content (AvgIpc) is 2.78. The van der Waals surface area contributed by atoms with Gasteiger partial charge in [-0.15, -0.1) is 0 Å². The molecule has 0 spiro atoms. The van der Waals surface area contributed by atoms with Crippen LogP contribution in [0.3, 0.4) is 0 Å². The fraction of sp³-hybridized carbons (Fsp3) is 0.571. The van der Waals surface area contributed by atoms with Gasteiger partial charge in [0.25, 0.3) is 0 Å². The third-order valence-electron chi connectivity index (χ3n) is 7.60. The molecule has 1 aromatic rings. The molecule has 2 aliphatic carbocycles. The smallest absolute Gasteiger partial charge is 0.337 e. The second-order valence-electron chi connectivity index (χ2n) is 10.1. The number of nitrogens with one attached hydrogen (secondary N) is 1. The molecule has 1 heterocycles. The Balaban J connectivity index is 1.71. The summed E-state index contributed by atoms with van der Waals surface area (Å²) in [6.07, 6.45) is 9.12. The van der Waals surface area contributed by atoms with Crippen LogP contribution in [0.15, 0.2) is 46.8 Å². The number of phenols is 1. The number of aromatic hydroxyl groups is 1. The summed E-state index contributed by atoms with van der Waals surface area (Å²) in [4.78, 5) is 27.0. The first-order valence-electron chi connectivity index (χ1n) is 12.6. The van der Waals surface area contributed by atoms with Crippen molar-refractivity contribution in [1.29, 1.82) is 0 Å². The van der Waals surface area contributed by atoms with E-state index in [4.69, 9.17) is 4.74 Å². The first-order chi connectivity index (χ1) is 15.9. The zero-order chi connectivity index (χ0) is 23.5. The quantitative estimate of drug-likeness (QED) is 0.527. The van der Waals surface area contributed by atoms with E-state index in [1.807, 2.05) is 19.9 Å². The van der Waals surface area contributed by atoms with E-state index >= 15 is 0 Å². The topological polar surface area (TPSA) is 75.6 Å². The molecule has 178 valence electrons. The normalized spacial score (nSPS) is 24.9. The highest BCUT2D eigenvalue weighted by Crippen LogP contribution is 2.47. The molecule has 1 aliphatic heterocycles. The standard InChI is InChI=1S/C28H37NO4/c1-4-9-17(2)33-28(32)25-18(3)29-23-15-21(19-10-6-5-7-11-19)16-24(31)27(23)26(25)20-12-8-13-22(30)14-20/h8,12-14,17,19,21,26,29-30H,4-7,9-11,15-16H2,1-3H3. The van der Waals surface area contributed by atoms with Crippen molar-refractivity contribution < 1.29 is 19.4 Å². The van der Waals surface area contributed by atoms with E-state index in [0.29, 0.717) is 29.4 Å². The van der Waals surface area contributed by atoms with Crippen molar-refractivity contribution in [1.82, 2.24) is 5.32 Å². The van der Waals surface area contributed by atoms with Gasteiger partial charge < -0.3 is 15.2 Å². The lowest BCUT2D eigenvalue weighted by Gasteiger charge is -2.39. The van der Waals surface area contributed by atoms with Crippen LogP contribution < -0.4 is 5.32 Å². The Hall–Kier alpha value is -2.56. The third-order valence-corrected chi connectivity index (χ3v) is 7.60. The second-order valence-corrected chi connectivity index (χ2v) is 10.1. The van der Waals surface area contributed by atoms with Gasteiger partial charge in [-0.05, 0) is 56.2 Å². The summed E-state index contributed by atoms with van der Waals surface area (Å²) in [5.41, 5.74) is 3.60. The van der Waals surface area contributed by atoms with Gasteiger partial charge in [0.2, 0.25) is 0 Å². The number of benzene rings is 1. The molecule has 0 amide bonds. The summed E-state index contributed by atoms with van der Waals surface area (Å²) < 4.78 is 5.78. The lowest BCUT2D eigenvalue weighted by molar-refractivity contribution is -0.144. The third kappa shape index (κ3) is 5.02. The molecular formula is C28H37NO4. The molecule has 3 atom stereocenters. The number of ether oxygens (including phenoxy) is 1. The molecule has 0 aromatic heterocycles. The van der Waals surface area contributed by atoms with Gasteiger partial charge in [-0.1, -0.05) is 57.6 Å². The largest absolute Gasteiger partial charge is 0.508 e. The summed E-state index contributed by atoms with van der Waals surface area (Å²) in [5.74, 6) is 0.300. The fourth-order valence-electron chi connectivity index (χ4n) is 6.03. The Morgan fingerprint density at radius 2 is 1.94 bits per heavy atom. The van der Waals surface area contributed by atoms with Crippen LogP contribution in [0.2, 0.25) is 0 Å². The predicted molar refractivity (Wildman–Crippen MR) is 128 cm³/mol. The zero-order valence-electron chi connectivity index (χ0n) is 20.2. The SMILES string of the molecule is CCCC(C)OC(=O)C1=C(C)NC2=C(C(=O)CC(C3CCCCC3)C2)C1c1cccc(O)c1. The van der Waals surface area contributed by atoms with Gasteiger partial charge in [0, 0.05) is 29.3 Å². The van der Waals surface area contributed by atoms with Crippen LogP contribution in [0.25, 0.3) is 0 Å². The number of ketones is 1. The van der Waals surface area contributed by atoms with Crippen molar-refractivity contribution >= 4 is 11.8 Å². The van der Waals surface area contributed by atoms with E-state index in [2.05, 4.69) is 12.2 Å². The van der Waals surface area contributed by atoms with Crippen molar-refractivity contribution in [3.05, 3.63) is 52.4 Å². The van der Waals surface area contributed by atoms with Crippen LogP contribution in [-0.2, 0) is 14.3 Å². The first kappa shape index (κ1) is 23.6. The van der Waals surface area contributed by atoms with E-state index in [0.717, 1.165) is 36.2 Å². The number of dihydropyridines is 1. The Labute approximate surface area is 197 Å². The molecule has 4 rings (SSSR count). The lowest BCUT2D eigenvalue weighted by Crippen LogP contribution is -2.38. The van der Waals surface area contributed by atoms with Crippen LogP contribution >= 0.6 is 0 Å². The second kappa shape index (κ2) is 10.1. The maximum absolute atomic E-state index is 13.6. The van der Waals surface area contributed by atoms with Crippen LogP contribution in [0.1, 0.15) is 90.0 Å². The zero-order valence-corrected chi connectivity index (χ0v) is 20.2. The van der Waals surface area contributed by atoms with Crippen molar-refractivity contribution in [2.24, 2.45) is 11.8 Å². The van der Waals surface area contributed by atoms with Gasteiger partial charge in [0.15, 0.2) is 5.78 Å². The number of allylic oxidation sites excluding steroid dienone is 3. The molecule has 3 aliphatic rings. The van der Waals surface area contributed by atoms with Gasteiger partial charge in [-0.3, -0.25) is 4.79 Å². The Morgan fingerprint density at radius 1 is 1.18 bits per heavy atom. The molecule has 3 unspecified atom stereocenters. The summed E-state index contributed by atoms with van der Waals surface area (Å²) in [6, 6.07) is 6.93. The molecule has 5 heteroatoms. The summed E-state index contributed by atoms with van der Waals surface area (Å²) in [7, 11) is 0. The van der Waals surface area contributed by atoms with Crippen molar-refractivity contribution in [3.8, 4) is 5.75 Å². The maximum Gasteiger partial charge on any atom is 0.337 e. The summed E-state index contributed by atoms with van der Waals surface area (Å²) in [5, 5.41) is 13.6. The Kier molecular flexibility index (Phi) is 7.26. The Morgan fingerprint density at radius 3 is 2.64 bits per heavy atom. The number of esters is 1. The van der Waals surface area contributed by atoms with Gasteiger partial charge in [0.05, 0.1) is 11.7 Å². The number of hydrogen-bond donors (Lipinski definition) is 2. The van der Waals surface area contributed by atoms with E-state index in [9.17, 15) is 14.7 Å². The van der Waals surface area contributed by atoms with Crippen molar-refractivity contribution in [2.75, 3.05) is 0 Å². The van der Waals surface area contributed by atoms with Crippen LogP contribution in [0, 0.1) is 11.8 Å². The minimum Gasteiger partial charge on any atom is -0.508 e. The molecule has 2 N–H and O–H groups in total. The van der Waals surface area contributed by atoms with E-state index in [1.165, 1.54) is 32.1 Å². The average molecular weight is 452 g/mol. The predicted octanol–water partition coefficient (Wildman–Crippen LogP) is 5.90. The molecule has 33 heavy (non-hydrogen) atoms. The monoisotopic (exact) mass is 451 g/mol. The van der Waals surface area contributed by atoms with Crippen molar-refractivity contribution in [3.63, 3.8) is 0 Å². The van der Waals surface area contributed by atoms with Crippen LogP contribution in [-0.4, -0.2) is 23.0 Å². The summed E-state index contributed by atoms with van der Waals surface area (Å²) in [6.45, 7) is 5.87. The molecule has 1 aromatic carbocycles. The van der Waals surface area contributed by atoms with Gasteiger partial charge in [-0.25, -0.2) is 4.79 Å². The number of rotatable bonds is 6. The van der Waals surface area contributed by atoms with Gasteiger partial charge in [0.1, 0.15) is 5.75 Å². The minimum atomic E-state index is -0.519. The molecule has 5 nitrogen and oxygen atoms in total. The summed E-state index contributed by atoms with van der Waals surface area (Å²) >= 11 is 0. The molecule has 0 saturated heterocycles. The highest BCUT2D eigenvalue weighted by Gasteiger charge is 2.42. The molecule has 0 radical (unpaired) electrons. The molecule has 0 bridgehead atoms. The van der Waals surface area contributed by atoms with Crippen LogP contribution in [0.5, 0.6) is 5.75 Å².